The van der Waals surface area contributed by atoms with Crippen LogP contribution in [0, 0.1) is 6.92 Å². The van der Waals surface area contributed by atoms with Crippen LogP contribution >= 0.6 is 0 Å². The van der Waals surface area contributed by atoms with Crippen molar-refractivity contribution in [3.05, 3.63) is 59.7 Å². The number of piperazine rings is 1. The van der Waals surface area contributed by atoms with E-state index in [1.807, 2.05) is 57.2 Å². The summed E-state index contributed by atoms with van der Waals surface area (Å²) in [6.45, 7) is 12.7. The first-order valence-electron chi connectivity index (χ1n) is 10.9. The molecule has 0 atom stereocenters. The van der Waals surface area contributed by atoms with Crippen LogP contribution < -0.4 is 9.47 Å². The van der Waals surface area contributed by atoms with Crippen molar-refractivity contribution < 1.29 is 19.0 Å². The van der Waals surface area contributed by atoms with Gasteiger partial charge in [-0.15, -0.1) is 0 Å². The summed E-state index contributed by atoms with van der Waals surface area (Å²) < 4.78 is 16.9. The first-order valence-corrected chi connectivity index (χ1v) is 10.9. The number of hydrogen-bond donors (Lipinski definition) is 0. The number of benzene rings is 2. The van der Waals surface area contributed by atoms with E-state index in [4.69, 9.17) is 14.2 Å². The van der Waals surface area contributed by atoms with E-state index in [9.17, 15) is 4.79 Å². The molecule has 6 nitrogen and oxygen atoms in total. The van der Waals surface area contributed by atoms with Gasteiger partial charge in [0.25, 0.3) is 0 Å². The molecule has 168 valence electrons. The Morgan fingerprint density at radius 2 is 1.35 bits per heavy atom. The number of rotatable bonds is 7. The summed E-state index contributed by atoms with van der Waals surface area (Å²) in [7, 11) is 0. The zero-order valence-corrected chi connectivity index (χ0v) is 19.1. The number of nitrogens with zero attached hydrogens (tertiary/aromatic N) is 2. The SMILES string of the molecule is Cc1ccc(OCCOc2ccc(CN3CCN(C(=O)OC(C)(C)C)CC3)cc2)cc1. The van der Waals surface area contributed by atoms with Crippen molar-refractivity contribution in [2.45, 2.75) is 39.8 Å². The molecule has 3 rings (SSSR count). The topological polar surface area (TPSA) is 51.2 Å². The fourth-order valence-electron chi connectivity index (χ4n) is 3.32. The monoisotopic (exact) mass is 426 g/mol. The van der Waals surface area contributed by atoms with Gasteiger partial charge < -0.3 is 19.1 Å². The highest BCUT2D eigenvalue weighted by Crippen LogP contribution is 2.17. The number of carbonyl (C=O) groups is 1. The third-order valence-corrected chi connectivity index (χ3v) is 5.00. The summed E-state index contributed by atoms with van der Waals surface area (Å²) in [4.78, 5) is 16.3. The van der Waals surface area contributed by atoms with Crippen molar-refractivity contribution in [1.82, 2.24) is 9.80 Å². The van der Waals surface area contributed by atoms with Crippen LogP contribution in [0.15, 0.2) is 48.5 Å². The van der Waals surface area contributed by atoms with E-state index in [1.54, 1.807) is 4.90 Å². The molecular weight excluding hydrogens is 392 g/mol. The molecule has 0 aromatic heterocycles. The lowest BCUT2D eigenvalue weighted by Crippen LogP contribution is -2.49. The van der Waals surface area contributed by atoms with E-state index >= 15 is 0 Å². The summed E-state index contributed by atoms with van der Waals surface area (Å²) in [5, 5.41) is 0. The zero-order valence-electron chi connectivity index (χ0n) is 19.1. The molecule has 1 amide bonds. The zero-order chi connectivity index (χ0) is 22.3. The van der Waals surface area contributed by atoms with Crippen molar-refractivity contribution in [3.63, 3.8) is 0 Å². The largest absolute Gasteiger partial charge is 0.490 e. The van der Waals surface area contributed by atoms with Crippen LogP contribution in [0.5, 0.6) is 11.5 Å². The van der Waals surface area contributed by atoms with Crippen molar-refractivity contribution in [2.24, 2.45) is 0 Å². The fourth-order valence-corrected chi connectivity index (χ4v) is 3.32. The fraction of sp³-hybridized carbons (Fsp3) is 0.480. The van der Waals surface area contributed by atoms with Gasteiger partial charge in [0, 0.05) is 32.7 Å². The molecule has 0 N–H and O–H groups in total. The van der Waals surface area contributed by atoms with Gasteiger partial charge in [-0.1, -0.05) is 29.8 Å². The third-order valence-electron chi connectivity index (χ3n) is 5.00. The van der Waals surface area contributed by atoms with Crippen molar-refractivity contribution in [1.29, 1.82) is 0 Å². The molecule has 1 saturated heterocycles. The number of carbonyl (C=O) groups excluding carboxylic acids is 1. The Labute approximate surface area is 185 Å². The van der Waals surface area contributed by atoms with Crippen molar-refractivity contribution in [2.75, 3.05) is 39.4 Å². The summed E-state index contributed by atoms with van der Waals surface area (Å²) in [5.74, 6) is 1.70. The lowest BCUT2D eigenvalue weighted by atomic mass is 10.2. The number of aryl methyl sites for hydroxylation is 1. The van der Waals surface area contributed by atoms with Gasteiger partial charge in [-0.3, -0.25) is 4.90 Å². The van der Waals surface area contributed by atoms with Gasteiger partial charge in [0.05, 0.1) is 0 Å². The molecule has 2 aromatic carbocycles. The Hall–Kier alpha value is -2.73. The lowest BCUT2D eigenvalue weighted by molar-refractivity contribution is 0.0139. The first kappa shape index (κ1) is 22.9. The van der Waals surface area contributed by atoms with E-state index in [0.717, 1.165) is 31.1 Å². The number of ether oxygens (including phenoxy) is 3. The van der Waals surface area contributed by atoms with Crippen molar-refractivity contribution >= 4 is 6.09 Å². The second kappa shape index (κ2) is 10.5. The van der Waals surface area contributed by atoms with Crippen LogP contribution in [0.25, 0.3) is 0 Å². The average Bonchev–Trinajstić information content (AvgIpc) is 2.73. The van der Waals surface area contributed by atoms with E-state index < -0.39 is 5.60 Å². The second-order valence-corrected chi connectivity index (χ2v) is 8.90. The highest BCUT2D eigenvalue weighted by Gasteiger charge is 2.25. The molecule has 0 aliphatic carbocycles. The highest BCUT2D eigenvalue weighted by molar-refractivity contribution is 5.68. The molecule has 0 bridgehead atoms. The van der Waals surface area contributed by atoms with Gasteiger partial charge in [0.2, 0.25) is 0 Å². The van der Waals surface area contributed by atoms with Gasteiger partial charge in [-0.05, 0) is 57.5 Å². The summed E-state index contributed by atoms with van der Waals surface area (Å²) in [6, 6.07) is 16.2. The van der Waals surface area contributed by atoms with Crippen LogP contribution in [0.4, 0.5) is 4.79 Å². The maximum Gasteiger partial charge on any atom is 0.410 e. The standard InChI is InChI=1S/C25H34N2O4/c1-20-5-9-22(10-6-20)29-17-18-30-23-11-7-21(8-12-23)19-26-13-15-27(16-14-26)24(28)31-25(2,3)4/h5-12H,13-19H2,1-4H3. The Morgan fingerprint density at radius 1 is 0.839 bits per heavy atom. The maximum absolute atomic E-state index is 12.2. The Bertz CT molecular complexity index is 820. The quantitative estimate of drug-likeness (QED) is 0.610. The van der Waals surface area contributed by atoms with Crippen LogP contribution in [0.1, 0.15) is 31.9 Å². The number of amides is 1. The Morgan fingerprint density at radius 3 is 1.87 bits per heavy atom. The van der Waals surface area contributed by atoms with Crippen LogP contribution in [0.3, 0.4) is 0 Å². The van der Waals surface area contributed by atoms with Gasteiger partial charge in [-0.2, -0.15) is 0 Å². The average molecular weight is 427 g/mol. The molecule has 6 heteroatoms. The third kappa shape index (κ3) is 7.79. The minimum absolute atomic E-state index is 0.222. The molecule has 0 saturated carbocycles. The minimum atomic E-state index is -0.454. The molecule has 1 heterocycles. The predicted molar refractivity (Wildman–Crippen MR) is 122 cm³/mol. The van der Waals surface area contributed by atoms with E-state index in [2.05, 4.69) is 24.0 Å². The van der Waals surface area contributed by atoms with Crippen LogP contribution in [-0.2, 0) is 11.3 Å². The molecule has 1 aliphatic rings. The van der Waals surface area contributed by atoms with E-state index in [-0.39, 0.29) is 6.09 Å². The summed E-state index contributed by atoms with van der Waals surface area (Å²) >= 11 is 0. The predicted octanol–water partition coefficient (Wildman–Crippen LogP) is 4.51. The van der Waals surface area contributed by atoms with Gasteiger partial charge in [-0.25, -0.2) is 4.79 Å². The lowest BCUT2D eigenvalue weighted by Gasteiger charge is -2.35. The smallest absolute Gasteiger partial charge is 0.410 e. The van der Waals surface area contributed by atoms with Crippen molar-refractivity contribution in [3.8, 4) is 11.5 Å². The molecule has 0 radical (unpaired) electrons. The van der Waals surface area contributed by atoms with Crippen LogP contribution in [0.2, 0.25) is 0 Å². The molecule has 31 heavy (non-hydrogen) atoms. The van der Waals surface area contributed by atoms with Gasteiger partial charge in [0.1, 0.15) is 30.3 Å². The summed E-state index contributed by atoms with van der Waals surface area (Å²) in [5.41, 5.74) is 1.99. The molecule has 1 fully saturated rings. The molecule has 2 aromatic rings. The van der Waals surface area contributed by atoms with Crippen LogP contribution in [-0.4, -0.2) is 60.9 Å². The first-order chi connectivity index (χ1) is 14.8. The summed E-state index contributed by atoms with van der Waals surface area (Å²) in [6.07, 6.45) is -0.222. The molecule has 1 aliphatic heterocycles. The van der Waals surface area contributed by atoms with E-state index in [1.165, 1.54) is 11.1 Å². The molecule has 0 spiro atoms. The second-order valence-electron chi connectivity index (χ2n) is 8.90. The normalized spacial score (nSPS) is 14.9. The molecule has 0 unspecified atom stereocenters. The van der Waals surface area contributed by atoms with Gasteiger partial charge in [0.15, 0.2) is 0 Å². The van der Waals surface area contributed by atoms with Gasteiger partial charge >= 0.3 is 6.09 Å². The number of hydrogen-bond acceptors (Lipinski definition) is 5. The Balaban J connectivity index is 1.36. The maximum atomic E-state index is 12.2. The highest BCUT2D eigenvalue weighted by atomic mass is 16.6. The molecular formula is C25H34N2O4. The Kier molecular flexibility index (Phi) is 7.80. The minimum Gasteiger partial charge on any atom is -0.490 e. The van der Waals surface area contributed by atoms with E-state index in [0.29, 0.717) is 26.3 Å².